The van der Waals surface area contributed by atoms with Gasteiger partial charge in [0.1, 0.15) is 5.75 Å². The summed E-state index contributed by atoms with van der Waals surface area (Å²) in [5.74, 6) is 0.603. The Hall–Kier alpha value is -2.15. The van der Waals surface area contributed by atoms with Gasteiger partial charge in [-0.2, -0.15) is 0 Å². The van der Waals surface area contributed by atoms with Crippen molar-refractivity contribution in [2.45, 2.75) is 26.0 Å². The maximum atomic E-state index is 13.1. The third-order valence-corrected chi connectivity index (χ3v) is 5.17. The molecule has 2 aromatic rings. The molecule has 1 fully saturated rings. The van der Waals surface area contributed by atoms with Gasteiger partial charge < -0.3 is 14.4 Å². The van der Waals surface area contributed by atoms with E-state index in [-0.39, 0.29) is 5.91 Å². The first-order valence-corrected chi connectivity index (χ1v) is 10.4. The van der Waals surface area contributed by atoms with Gasteiger partial charge in [0.15, 0.2) is 6.10 Å². The fraction of sp³-hybridized carbons (Fsp3) is 0.455. The highest BCUT2D eigenvalue weighted by Crippen LogP contribution is 2.18. The number of ether oxygens (including phenoxy) is 2. The predicted octanol–water partition coefficient (Wildman–Crippen LogP) is 3.25. The van der Waals surface area contributed by atoms with Crippen LogP contribution in [0.1, 0.15) is 18.9 Å². The summed E-state index contributed by atoms with van der Waals surface area (Å²) in [5, 5.41) is 0.638. The van der Waals surface area contributed by atoms with Crippen LogP contribution in [0.3, 0.4) is 0 Å². The number of pyridine rings is 1. The maximum absolute atomic E-state index is 13.1. The summed E-state index contributed by atoms with van der Waals surface area (Å²) in [6.07, 6.45) is 3.82. The quantitative estimate of drug-likeness (QED) is 0.626. The van der Waals surface area contributed by atoms with E-state index >= 15 is 0 Å². The van der Waals surface area contributed by atoms with Gasteiger partial charge in [-0.1, -0.05) is 11.6 Å². The molecule has 1 aromatic carbocycles. The number of amides is 1. The van der Waals surface area contributed by atoms with E-state index in [1.54, 1.807) is 43.6 Å². The van der Waals surface area contributed by atoms with Gasteiger partial charge in [-0.15, -0.1) is 0 Å². The highest BCUT2D eigenvalue weighted by molar-refractivity contribution is 6.30. The Labute approximate surface area is 177 Å². The molecule has 1 saturated heterocycles. The molecule has 1 aromatic heterocycles. The van der Waals surface area contributed by atoms with Crippen molar-refractivity contribution in [1.82, 2.24) is 14.8 Å². The number of carbonyl (C=O) groups is 1. The highest BCUT2D eigenvalue weighted by atomic mass is 35.5. The van der Waals surface area contributed by atoms with Crippen molar-refractivity contribution < 1.29 is 14.3 Å². The van der Waals surface area contributed by atoms with Crippen molar-refractivity contribution in [2.24, 2.45) is 0 Å². The lowest BCUT2D eigenvalue weighted by Gasteiger charge is -2.29. The number of rotatable bonds is 9. The molecule has 0 saturated carbocycles. The van der Waals surface area contributed by atoms with Crippen LogP contribution >= 0.6 is 11.6 Å². The number of halogens is 1. The Balaban J connectivity index is 1.60. The van der Waals surface area contributed by atoms with Gasteiger partial charge in [-0.05, 0) is 55.3 Å². The zero-order valence-corrected chi connectivity index (χ0v) is 17.6. The third kappa shape index (κ3) is 6.99. The van der Waals surface area contributed by atoms with Crippen LogP contribution in [-0.2, 0) is 16.1 Å². The minimum absolute atomic E-state index is 0.0289. The monoisotopic (exact) mass is 417 g/mol. The number of nitrogens with zero attached hydrogens (tertiary/aromatic N) is 3. The van der Waals surface area contributed by atoms with Gasteiger partial charge >= 0.3 is 0 Å². The Morgan fingerprint density at radius 2 is 1.90 bits per heavy atom. The van der Waals surface area contributed by atoms with Crippen LogP contribution in [0.25, 0.3) is 0 Å². The molecule has 29 heavy (non-hydrogen) atoms. The van der Waals surface area contributed by atoms with E-state index in [1.807, 2.05) is 17.0 Å². The van der Waals surface area contributed by atoms with Crippen LogP contribution in [0.4, 0.5) is 0 Å². The van der Waals surface area contributed by atoms with E-state index < -0.39 is 6.10 Å². The molecule has 1 amide bonds. The molecular formula is C22H28ClN3O3. The molecule has 0 bridgehead atoms. The van der Waals surface area contributed by atoms with E-state index in [1.165, 1.54) is 0 Å². The third-order valence-electron chi connectivity index (χ3n) is 4.91. The van der Waals surface area contributed by atoms with Crippen LogP contribution in [0, 0.1) is 0 Å². The number of hydrogen-bond donors (Lipinski definition) is 0. The van der Waals surface area contributed by atoms with E-state index in [0.29, 0.717) is 23.9 Å². The Morgan fingerprint density at radius 3 is 2.59 bits per heavy atom. The zero-order valence-electron chi connectivity index (χ0n) is 16.8. The average molecular weight is 418 g/mol. The van der Waals surface area contributed by atoms with Crippen LogP contribution in [0.5, 0.6) is 5.75 Å². The van der Waals surface area contributed by atoms with Gasteiger partial charge in [-0.25, -0.2) is 0 Å². The van der Waals surface area contributed by atoms with Crippen molar-refractivity contribution in [3.05, 3.63) is 59.4 Å². The molecule has 0 N–H and O–H groups in total. The second-order valence-corrected chi connectivity index (χ2v) is 7.57. The van der Waals surface area contributed by atoms with Gasteiger partial charge in [-0.3, -0.25) is 14.7 Å². The molecule has 156 valence electrons. The summed E-state index contributed by atoms with van der Waals surface area (Å²) in [4.78, 5) is 21.4. The predicted molar refractivity (Wildman–Crippen MR) is 113 cm³/mol. The molecule has 3 rings (SSSR count). The lowest BCUT2D eigenvalue weighted by Crippen LogP contribution is -2.42. The minimum atomic E-state index is -0.582. The van der Waals surface area contributed by atoms with Crippen LogP contribution < -0.4 is 4.74 Å². The molecule has 1 aliphatic rings. The Morgan fingerprint density at radius 1 is 1.21 bits per heavy atom. The molecule has 0 aliphatic carbocycles. The Bertz CT molecular complexity index is 752. The van der Waals surface area contributed by atoms with Crippen LogP contribution in [0.2, 0.25) is 5.02 Å². The molecule has 2 heterocycles. The van der Waals surface area contributed by atoms with E-state index in [4.69, 9.17) is 21.1 Å². The number of carbonyl (C=O) groups excluding carboxylic acids is 1. The first-order chi connectivity index (χ1) is 14.1. The van der Waals surface area contributed by atoms with Gasteiger partial charge in [0.25, 0.3) is 5.91 Å². The number of morpholine rings is 1. The smallest absolute Gasteiger partial charge is 0.263 e. The summed E-state index contributed by atoms with van der Waals surface area (Å²) >= 11 is 5.93. The molecule has 1 unspecified atom stereocenters. The highest BCUT2D eigenvalue weighted by Gasteiger charge is 2.23. The SMILES string of the molecule is CC(Oc1ccc(Cl)cc1)C(=O)N(CCCN1CCOCC1)Cc1ccncc1. The van der Waals surface area contributed by atoms with Gasteiger partial charge in [0.05, 0.1) is 13.2 Å². The summed E-state index contributed by atoms with van der Waals surface area (Å²) in [6, 6.07) is 10.9. The normalized spacial score (nSPS) is 15.7. The van der Waals surface area contributed by atoms with Crippen molar-refractivity contribution in [3.63, 3.8) is 0 Å². The lowest BCUT2D eigenvalue weighted by molar-refractivity contribution is -0.138. The van der Waals surface area contributed by atoms with Crippen LogP contribution in [0.15, 0.2) is 48.8 Å². The second-order valence-electron chi connectivity index (χ2n) is 7.14. The van der Waals surface area contributed by atoms with Crippen molar-refractivity contribution in [1.29, 1.82) is 0 Å². The van der Waals surface area contributed by atoms with Gasteiger partial charge in [0, 0.05) is 50.1 Å². The summed E-state index contributed by atoms with van der Waals surface area (Å²) in [7, 11) is 0. The molecule has 0 radical (unpaired) electrons. The Kier molecular flexibility index (Phi) is 8.28. The molecule has 1 aliphatic heterocycles. The van der Waals surface area contributed by atoms with Gasteiger partial charge in [0.2, 0.25) is 0 Å². The zero-order chi connectivity index (χ0) is 20.5. The molecular weight excluding hydrogens is 390 g/mol. The summed E-state index contributed by atoms with van der Waals surface area (Å²) < 4.78 is 11.3. The largest absolute Gasteiger partial charge is 0.481 e. The lowest BCUT2D eigenvalue weighted by atomic mass is 10.2. The van der Waals surface area contributed by atoms with Crippen molar-refractivity contribution >= 4 is 17.5 Å². The fourth-order valence-corrected chi connectivity index (χ4v) is 3.44. The minimum Gasteiger partial charge on any atom is -0.481 e. The van der Waals surface area contributed by atoms with E-state index in [9.17, 15) is 4.79 Å². The molecule has 7 heteroatoms. The molecule has 6 nitrogen and oxygen atoms in total. The summed E-state index contributed by atoms with van der Waals surface area (Å²) in [6.45, 7) is 7.43. The maximum Gasteiger partial charge on any atom is 0.263 e. The van der Waals surface area contributed by atoms with Crippen LogP contribution in [-0.4, -0.2) is 66.2 Å². The fourth-order valence-electron chi connectivity index (χ4n) is 3.31. The topological polar surface area (TPSA) is 54.9 Å². The number of benzene rings is 1. The standard InChI is InChI=1S/C22H28ClN3O3/c1-18(29-21-5-3-20(23)4-6-21)22(27)26(17-19-7-9-24-10-8-19)12-2-11-25-13-15-28-16-14-25/h3-10,18H,2,11-17H2,1H3. The van der Waals surface area contributed by atoms with Crippen molar-refractivity contribution in [3.8, 4) is 5.75 Å². The molecule has 0 spiro atoms. The number of hydrogen-bond acceptors (Lipinski definition) is 5. The molecule has 1 atom stereocenters. The number of aromatic nitrogens is 1. The average Bonchev–Trinajstić information content (AvgIpc) is 2.75. The first kappa shape index (κ1) is 21.6. The van der Waals surface area contributed by atoms with E-state index in [0.717, 1.165) is 44.8 Å². The second kappa shape index (κ2) is 11.1. The first-order valence-electron chi connectivity index (χ1n) is 10.0. The van der Waals surface area contributed by atoms with Crippen molar-refractivity contribution in [2.75, 3.05) is 39.4 Å². The summed E-state index contributed by atoms with van der Waals surface area (Å²) in [5.41, 5.74) is 1.05. The van der Waals surface area contributed by atoms with E-state index in [2.05, 4.69) is 9.88 Å².